The van der Waals surface area contributed by atoms with Crippen LogP contribution in [0.2, 0.25) is 0 Å². The Labute approximate surface area is 206 Å². The fraction of sp³-hybridized carbons (Fsp3) is 0.385. The van der Waals surface area contributed by atoms with Gasteiger partial charge in [-0.1, -0.05) is 31.0 Å². The average Bonchev–Trinajstić information content (AvgIpc) is 3.58. The molecule has 1 saturated carbocycles. The number of nitrogens with one attached hydrogen (secondary N) is 1. The first-order chi connectivity index (χ1) is 17.1. The third-order valence-corrected chi connectivity index (χ3v) is 8.98. The Balaban J connectivity index is 1.44. The van der Waals surface area contributed by atoms with Crippen LogP contribution in [-0.4, -0.2) is 57.0 Å². The summed E-state index contributed by atoms with van der Waals surface area (Å²) in [5.74, 6) is 1.66. The fourth-order valence-electron chi connectivity index (χ4n) is 5.45. The van der Waals surface area contributed by atoms with Gasteiger partial charge in [-0.25, -0.2) is 13.4 Å². The van der Waals surface area contributed by atoms with Gasteiger partial charge in [0.2, 0.25) is 9.84 Å². The maximum Gasteiger partial charge on any atom is 0.222 e. The molecule has 1 aliphatic carbocycles. The molecule has 0 bridgehead atoms. The van der Waals surface area contributed by atoms with Crippen molar-refractivity contribution in [3.05, 3.63) is 60.3 Å². The Morgan fingerprint density at radius 1 is 0.971 bits per heavy atom. The van der Waals surface area contributed by atoms with E-state index in [2.05, 4.69) is 30.7 Å². The number of hydrogen-bond donors (Lipinski definition) is 1. The largest absolute Gasteiger partial charge is 0.368 e. The molecule has 6 rings (SSSR count). The van der Waals surface area contributed by atoms with Crippen molar-refractivity contribution in [3.63, 3.8) is 0 Å². The molecule has 0 radical (unpaired) electrons. The lowest BCUT2D eigenvalue weighted by molar-refractivity contribution is 0.477. The smallest absolute Gasteiger partial charge is 0.222 e. The lowest BCUT2D eigenvalue weighted by Crippen LogP contribution is -2.43. The Kier molecular flexibility index (Phi) is 5.82. The van der Waals surface area contributed by atoms with Crippen molar-refractivity contribution in [2.45, 2.75) is 41.6 Å². The standard InChI is InChI=1S/C26H30N6O2S/c33-35(34,23-8-2-1-3-9-23)25-16-20-17-28-19-31(26(20)32(25)21-6-4-5-7-21)24-11-10-22(18-29-24)30-14-12-27-13-15-30/h1-3,8-11,16-18,21,27H,4-7,12-15,19H2. The monoisotopic (exact) mass is 490 g/mol. The molecule has 2 aliphatic heterocycles. The summed E-state index contributed by atoms with van der Waals surface area (Å²) in [5, 5.41) is 3.72. The number of sulfone groups is 1. The number of rotatable bonds is 5. The second-order valence-electron chi connectivity index (χ2n) is 9.38. The third kappa shape index (κ3) is 4.02. The van der Waals surface area contributed by atoms with Gasteiger partial charge >= 0.3 is 0 Å². The number of pyridine rings is 1. The second kappa shape index (κ2) is 9.13. The molecule has 35 heavy (non-hydrogen) atoms. The molecule has 3 aliphatic rings. The van der Waals surface area contributed by atoms with Crippen LogP contribution in [0.5, 0.6) is 0 Å². The maximum absolute atomic E-state index is 13.8. The zero-order chi connectivity index (χ0) is 23.8. The van der Waals surface area contributed by atoms with Crippen LogP contribution in [0.25, 0.3) is 0 Å². The molecule has 1 aromatic carbocycles. The molecular weight excluding hydrogens is 460 g/mol. The van der Waals surface area contributed by atoms with Gasteiger partial charge in [0.1, 0.15) is 23.3 Å². The van der Waals surface area contributed by atoms with Gasteiger partial charge in [-0.3, -0.25) is 9.89 Å². The normalized spacial score (nSPS) is 18.7. The van der Waals surface area contributed by atoms with Crippen LogP contribution in [0.4, 0.5) is 17.3 Å². The van der Waals surface area contributed by atoms with E-state index >= 15 is 0 Å². The van der Waals surface area contributed by atoms with Crippen LogP contribution in [-0.2, 0) is 9.84 Å². The van der Waals surface area contributed by atoms with Crippen LogP contribution in [0, 0.1) is 0 Å². The summed E-state index contributed by atoms with van der Waals surface area (Å²) in [5.41, 5.74) is 1.93. The molecule has 0 atom stereocenters. The molecule has 9 heteroatoms. The van der Waals surface area contributed by atoms with Crippen molar-refractivity contribution >= 4 is 33.4 Å². The highest BCUT2D eigenvalue weighted by Crippen LogP contribution is 2.42. The first-order valence-corrected chi connectivity index (χ1v) is 13.9. The first kappa shape index (κ1) is 22.3. The highest BCUT2D eigenvalue weighted by Gasteiger charge is 2.34. The van der Waals surface area contributed by atoms with Crippen molar-refractivity contribution < 1.29 is 8.42 Å². The van der Waals surface area contributed by atoms with Gasteiger partial charge in [0.25, 0.3) is 0 Å². The fourth-order valence-corrected chi connectivity index (χ4v) is 6.98. The van der Waals surface area contributed by atoms with Crippen LogP contribution in [0.15, 0.2) is 69.6 Å². The molecule has 0 spiro atoms. The van der Waals surface area contributed by atoms with E-state index in [0.717, 1.165) is 74.7 Å². The van der Waals surface area contributed by atoms with E-state index in [-0.39, 0.29) is 6.04 Å². The summed E-state index contributed by atoms with van der Waals surface area (Å²) in [6.07, 6.45) is 7.87. The van der Waals surface area contributed by atoms with Gasteiger partial charge in [-0.15, -0.1) is 0 Å². The number of anilines is 3. The molecule has 0 amide bonds. The minimum atomic E-state index is -3.69. The quantitative estimate of drug-likeness (QED) is 0.586. The summed E-state index contributed by atoms with van der Waals surface area (Å²) < 4.78 is 29.6. The molecule has 2 fully saturated rings. The zero-order valence-electron chi connectivity index (χ0n) is 19.7. The van der Waals surface area contributed by atoms with E-state index in [9.17, 15) is 8.42 Å². The van der Waals surface area contributed by atoms with E-state index in [0.29, 0.717) is 16.6 Å². The van der Waals surface area contributed by atoms with Gasteiger partial charge in [-0.05, 0) is 43.2 Å². The van der Waals surface area contributed by atoms with Crippen molar-refractivity contribution in [1.82, 2.24) is 14.9 Å². The second-order valence-corrected chi connectivity index (χ2v) is 11.3. The molecule has 3 aromatic rings. The van der Waals surface area contributed by atoms with E-state index in [4.69, 9.17) is 4.98 Å². The van der Waals surface area contributed by atoms with Crippen LogP contribution >= 0.6 is 0 Å². The van der Waals surface area contributed by atoms with Crippen molar-refractivity contribution in [1.29, 1.82) is 0 Å². The maximum atomic E-state index is 13.8. The van der Waals surface area contributed by atoms with Gasteiger partial charge in [0.05, 0.1) is 16.8 Å². The first-order valence-electron chi connectivity index (χ1n) is 12.4. The number of aromatic nitrogens is 2. The summed E-state index contributed by atoms with van der Waals surface area (Å²) in [6, 6.07) is 14.8. The number of aliphatic imine (C=N–C) groups is 1. The van der Waals surface area contributed by atoms with Crippen LogP contribution < -0.4 is 15.1 Å². The minimum Gasteiger partial charge on any atom is -0.368 e. The van der Waals surface area contributed by atoms with Crippen LogP contribution in [0.3, 0.4) is 0 Å². The molecule has 182 valence electrons. The molecule has 4 heterocycles. The van der Waals surface area contributed by atoms with E-state index in [1.807, 2.05) is 18.3 Å². The number of nitrogens with zero attached hydrogens (tertiary/aromatic N) is 5. The molecule has 1 N–H and O–H groups in total. The zero-order valence-corrected chi connectivity index (χ0v) is 20.5. The molecular formula is C26H30N6O2S. The van der Waals surface area contributed by atoms with Gasteiger partial charge < -0.3 is 14.8 Å². The van der Waals surface area contributed by atoms with E-state index in [1.54, 1.807) is 36.5 Å². The Hall–Kier alpha value is -3.17. The summed E-state index contributed by atoms with van der Waals surface area (Å²) in [4.78, 5) is 14.1. The van der Waals surface area contributed by atoms with Gasteiger partial charge in [0.15, 0.2) is 0 Å². The van der Waals surface area contributed by atoms with E-state index in [1.165, 1.54) is 0 Å². The Bertz CT molecular complexity index is 1320. The topological polar surface area (TPSA) is 82.8 Å². The Morgan fingerprint density at radius 2 is 1.74 bits per heavy atom. The predicted octanol–water partition coefficient (Wildman–Crippen LogP) is 3.77. The van der Waals surface area contributed by atoms with E-state index < -0.39 is 9.84 Å². The average molecular weight is 491 g/mol. The molecule has 0 unspecified atom stereocenters. The van der Waals surface area contributed by atoms with Gasteiger partial charge in [-0.2, -0.15) is 0 Å². The SMILES string of the molecule is O=S(=O)(c1ccccc1)c1cc2c(n1C1CCCC1)N(c1ccc(N3CCNCC3)cn1)CN=C2. The number of fused-ring (bicyclic) bond motifs is 1. The number of benzene rings is 1. The highest BCUT2D eigenvalue weighted by molar-refractivity contribution is 7.91. The number of hydrogen-bond acceptors (Lipinski definition) is 7. The van der Waals surface area contributed by atoms with Crippen molar-refractivity contribution in [3.8, 4) is 0 Å². The predicted molar refractivity (Wildman–Crippen MR) is 138 cm³/mol. The number of piperazine rings is 1. The molecule has 1 saturated heterocycles. The molecule has 2 aromatic heterocycles. The lowest BCUT2D eigenvalue weighted by Gasteiger charge is -2.31. The summed E-state index contributed by atoms with van der Waals surface area (Å²) in [6.45, 7) is 4.28. The summed E-state index contributed by atoms with van der Waals surface area (Å²) in [7, 11) is -3.69. The minimum absolute atomic E-state index is 0.140. The highest BCUT2D eigenvalue weighted by atomic mass is 32.2. The third-order valence-electron chi connectivity index (χ3n) is 7.22. The van der Waals surface area contributed by atoms with Gasteiger partial charge in [0, 0.05) is 44.0 Å². The lowest BCUT2D eigenvalue weighted by atomic mass is 10.2. The summed E-state index contributed by atoms with van der Waals surface area (Å²) >= 11 is 0. The van der Waals surface area contributed by atoms with Crippen molar-refractivity contribution in [2.75, 3.05) is 42.6 Å². The molecule has 8 nitrogen and oxygen atoms in total. The Morgan fingerprint density at radius 3 is 2.46 bits per heavy atom. The van der Waals surface area contributed by atoms with Crippen LogP contribution in [0.1, 0.15) is 37.3 Å². The van der Waals surface area contributed by atoms with Crippen molar-refractivity contribution in [2.24, 2.45) is 4.99 Å².